The van der Waals surface area contributed by atoms with Crippen molar-refractivity contribution in [2.75, 3.05) is 31.1 Å². The molecular formula is C23H26Cl2N4O3S. The highest BCUT2D eigenvalue weighted by atomic mass is 35.5. The Morgan fingerprint density at radius 2 is 1.88 bits per heavy atom. The summed E-state index contributed by atoms with van der Waals surface area (Å²) in [5.41, 5.74) is 2.75. The van der Waals surface area contributed by atoms with Gasteiger partial charge in [-0.05, 0) is 49.8 Å². The maximum absolute atomic E-state index is 13.5. The molecule has 0 N–H and O–H groups in total. The highest BCUT2D eigenvalue weighted by Gasteiger charge is 2.23. The van der Waals surface area contributed by atoms with Gasteiger partial charge in [-0.15, -0.1) is 12.4 Å². The molecule has 0 fully saturated rings. The number of hydrogen-bond acceptors (Lipinski definition) is 6. The van der Waals surface area contributed by atoms with E-state index < -0.39 is 5.76 Å². The number of aryl methyl sites for hydroxylation is 1. The molecule has 4 rings (SSSR count). The maximum Gasteiger partial charge on any atom is 0.420 e. The summed E-state index contributed by atoms with van der Waals surface area (Å²) in [6, 6.07) is 10.9. The molecule has 176 valence electrons. The molecule has 4 aromatic rings. The molecule has 0 saturated heterocycles. The average Bonchev–Trinajstić information content (AvgIpc) is 3.35. The van der Waals surface area contributed by atoms with Crippen molar-refractivity contribution >= 4 is 67.7 Å². The summed E-state index contributed by atoms with van der Waals surface area (Å²) in [6.45, 7) is 8.94. The molecule has 0 aliphatic carbocycles. The molecule has 7 nitrogen and oxygen atoms in total. The first-order chi connectivity index (χ1) is 15.4. The van der Waals surface area contributed by atoms with E-state index in [1.807, 2.05) is 25.1 Å². The van der Waals surface area contributed by atoms with Gasteiger partial charge in [0.05, 0.1) is 15.7 Å². The third-order valence-electron chi connectivity index (χ3n) is 5.67. The lowest BCUT2D eigenvalue weighted by Crippen LogP contribution is -2.41. The number of carbonyl (C=O) groups excluding carboxylic acids is 1. The average molecular weight is 509 g/mol. The number of oxazole rings is 1. The summed E-state index contributed by atoms with van der Waals surface area (Å²) >= 11 is 7.73. The first-order valence-electron chi connectivity index (χ1n) is 10.6. The largest absolute Gasteiger partial charge is 0.420 e. The number of hydrogen-bond donors (Lipinski definition) is 0. The van der Waals surface area contributed by atoms with Crippen LogP contribution in [0.5, 0.6) is 0 Å². The number of nitrogens with zero attached hydrogens (tertiary/aromatic N) is 4. The van der Waals surface area contributed by atoms with Crippen LogP contribution in [0.2, 0.25) is 5.02 Å². The van der Waals surface area contributed by atoms with Gasteiger partial charge in [0.1, 0.15) is 6.54 Å². The lowest BCUT2D eigenvalue weighted by molar-refractivity contribution is -0.119. The molecule has 33 heavy (non-hydrogen) atoms. The zero-order chi connectivity index (χ0) is 22.8. The van der Waals surface area contributed by atoms with Gasteiger partial charge >= 0.3 is 5.76 Å². The van der Waals surface area contributed by atoms with Crippen LogP contribution >= 0.6 is 35.3 Å². The number of carbonyl (C=O) groups is 1. The number of benzene rings is 2. The highest BCUT2D eigenvalue weighted by Crippen LogP contribution is 2.33. The van der Waals surface area contributed by atoms with Crippen molar-refractivity contribution < 1.29 is 9.21 Å². The smallest absolute Gasteiger partial charge is 0.408 e. The summed E-state index contributed by atoms with van der Waals surface area (Å²) in [6.07, 6.45) is 0. The van der Waals surface area contributed by atoms with Crippen LogP contribution in [0.25, 0.3) is 21.3 Å². The molecule has 2 aromatic carbocycles. The molecule has 0 spiro atoms. The minimum absolute atomic E-state index is 0. The highest BCUT2D eigenvalue weighted by molar-refractivity contribution is 7.22. The topological polar surface area (TPSA) is 71.6 Å². The predicted octanol–water partition coefficient (Wildman–Crippen LogP) is 4.96. The van der Waals surface area contributed by atoms with Gasteiger partial charge in [0, 0.05) is 18.1 Å². The number of thiazole rings is 1. The van der Waals surface area contributed by atoms with Crippen molar-refractivity contribution in [3.05, 3.63) is 57.5 Å². The monoisotopic (exact) mass is 508 g/mol. The van der Waals surface area contributed by atoms with Crippen LogP contribution in [-0.2, 0) is 11.3 Å². The van der Waals surface area contributed by atoms with E-state index in [1.54, 1.807) is 23.1 Å². The molecule has 0 aliphatic heterocycles. The van der Waals surface area contributed by atoms with Crippen LogP contribution in [-0.4, -0.2) is 46.5 Å². The molecular weight excluding hydrogens is 483 g/mol. The van der Waals surface area contributed by atoms with Crippen molar-refractivity contribution in [3.8, 4) is 0 Å². The van der Waals surface area contributed by atoms with Gasteiger partial charge in [-0.2, -0.15) is 0 Å². The zero-order valence-electron chi connectivity index (χ0n) is 18.7. The Hall–Kier alpha value is -2.39. The van der Waals surface area contributed by atoms with E-state index in [0.29, 0.717) is 34.3 Å². The van der Waals surface area contributed by atoms with Gasteiger partial charge in [0.25, 0.3) is 0 Å². The molecule has 0 saturated carbocycles. The SMILES string of the molecule is CCN(CC)CCN(C(=O)Cn1c(=O)oc2ccccc21)c1nc2c(C)c(Cl)ccc2s1.Cl. The van der Waals surface area contributed by atoms with E-state index in [9.17, 15) is 9.59 Å². The van der Waals surface area contributed by atoms with E-state index in [1.165, 1.54) is 15.9 Å². The Morgan fingerprint density at radius 1 is 1.15 bits per heavy atom. The molecule has 10 heteroatoms. The summed E-state index contributed by atoms with van der Waals surface area (Å²) in [7, 11) is 0. The summed E-state index contributed by atoms with van der Waals surface area (Å²) in [4.78, 5) is 34.5. The molecule has 1 amide bonds. The molecule has 0 radical (unpaired) electrons. The van der Waals surface area contributed by atoms with Gasteiger partial charge in [-0.1, -0.05) is 48.9 Å². The van der Waals surface area contributed by atoms with Crippen LogP contribution in [0.3, 0.4) is 0 Å². The van der Waals surface area contributed by atoms with Gasteiger partial charge in [0.15, 0.2) is 10.7 Å². The number of fused-ring (bicyclic) bond motifs is 2. The Kier molecular flexibility index (Phi) is 8.18. The fourth-order valence-corrected chi connectivity index (χ4v) is 4.92. The summed E-state index contributed by atoms with van der Waals surface area (Å²) in [5.74, 6) is -0.760. The fourth-order valence-electron chi connectivity index (χ4n) is 3.70. The third-order valence-corrected chi connectivity index (χ3v) is 7.12. The van der Waals surface area contributed by atoms with E-state index >= 15 is 0 Å². The number of likely N-dealkylation sites (N-methyl/N-ethyl adjacent to an activating group) is 1. The van der Waals surface area contributed by atoms with Gasteiger partial charge < -0.3 is 9.32 Å². The molecule has 0 bridgehead atoms. The zero-order valence-corrected chi connectivity index (χ0v) is 21.1. The second-order valence-corrected chi connectivity index (χ2v) is 8.93. The van der Waals surface area contributed by atoms with Crippen LogP contribution in [0.1, 0.15) is 19.4 Å². The molecule has 0 unspecified atom stereocenters. The Morgan fingerprint density at radius 3 is 2.61 bits per heavy atom. The van der Waals surface area contributed by atoms with Crippen molar-refractivity contribution in [2.24, 2.45) is 0 Å². The minimum Gasteiger partial charge on any atom is -0.408 e. The van der Waals surface area contributed by atoms with E-state index in [0.717, 1.165) is 28.9 Å². The van der Waals surface area contributed by atoms with Gasteiger partial charge in [0.2, 0.25) is 5.91 Å². The lowest BCUT2D eigenvalue weighted by Gasteiger charge is -2.24. The fraction of sp³-hybridized carbons (Fsp3) is 0.348. The Bertz CT molecular complexity index is 1330. The standard InChI is InChI=1S/C23H25ClN4O3S.ClH/c1-4-26(5-2)12-13-27(22-25-21-15(3)16(24)10-11-19(21)32-22)20(29)14-28-17-8-6-7-9-18(17)31-23(28)30;/h6-11H,4-5,12-14H2,1-3H3;1H. The van der Waals surface area contributed by atoms with Crippen molar-refractivity contribution in [1.29, 1.82) is 0 Å². The van der Waals surface area contributed by atoms with Gasteiger partial charge in [-0.25, -0.2) is 9.78 Å². The third kappa shape index (κ3) is 5.09. The number of amides is 1. The predicted molar refractivity (Wildman–Crippen MR) is 137 cm³/mol. The normalized spacial score (nSPS) is 11.3. The summed E-state index contributed by atoms with van der Waals surface area (Å²) in [5, 5.41) is 1.25. The van der Waals surface area contributed by atoms with Crippen LogP contribution < -0.4 is 10.7 Å². The van der Waals surface area contributed by atoms with Gasteiger partial charge in [-0.3, -0.25) is 14.3 Å². The van der Waals surface area contributed by atoms with E-state index in [2.05, 4.69) is 18.7 Å². The van der Waals surface area contributed by atoms with Crippen LogP contribution in [0, 0.1) is 6.92 Å². The molecule has 0 atom stereocenters. The van der Waals surface area contributed by atoms with Crippen LogP contribution in [0.4, 0.5) is 5.13 Å². The Balaban J connectivity index is 0.00000306. The first kappa shape index (κ1) is 25.2. The molecule has 2 aromatic heterocycles. The minimum atomic E-state index is -0.546. The summed E-state index contributed by atoms with van der Waals surface area (Å²) < 4.78 is 7.63. The van der Waals surface area contributed by atoms with Crippen molar-refractivity contribution in [2.45, 2.75) is 27.3 Å². The number of aromatic nitrogens is 2. The first-order valence-corrected chi connectivity index (χ1v) is 11.8. The number of para-hydroxylation sites is 2. The number of rotatable bonds is 8. The van der Waals surface area contributed by atoms with Crippen molar-refractivity contribution in [1.82, 2.24) is 14.5 Å². The second kappa shape index (κ2) is 10.7. The lowest BCUT2D eigenvalue weighted by atomic mass is 10.2. The van der Waals surface area contributed by atoms with E-state index in [-0.39, 0.29) is 24.9 Å². The molecule has 2 heterocycles. The van der Waals surface area contributed by atoms with Crippen molar-refractivity contribution in [3.63, 3.8) is 0 Å². The number of halogens is 2. The van der Waals surface area contributed by atoms with Crippen LogP contribution in [0.15, 0.2) is 45.6 Å². The second-order valence-electron chi connectivity index (χ2n) is 7.51. The molecule has 0 aliphatic rings. The quantitative estimate of drug-likeness (QED) is 0.336. The number of anilines is 1. The van der Waals surface area contributed by atoms with E-state index in [4.69, 9.17) is 21.0 Å². The Labute approximate surface area is 207 Å². The maximum atomic E-state index is 13.5.